The highest BCUT2D eigenvalue weighted by atomic mass is 16.5. The Kier molecular flexibility index (Phi) is 8.21. The molecular weight excluding hydrogens is 514 g/mol. The van der Waals surface area contributed by atoms with Crippen molar-refractivity contribution in [1.82, 2.24) is 29.7 Å². The number of likely N-dealkylation sites (N-methyl/N-ethyl adjacent to an activating group) is 1. The van der Waals surface area contributed by atoms with Gasteiger partial charge in [-0.15, -0.1) is 0 Å². The third-order valence-corrected chi connectivity index (χ3v) is 7.26. The number of aliphatic hydroxyl groups excluding tert-OH is 2. The van der Waals surface area contributed by atoms with Crippen molar-refractivity contribution in [3.63, 3.8) is 0 Å². The summed E-state index contributed by atoms with van der Waals surface area (Å²) >= 11 is 0. The summed E-state index contributed by atoms with van der Waals surface area (Å²) in [5.74, 6) is 0.170. The van der Waals surface area contributed by atoms with Crippen LogP contribution in [0, 0.1) is 0 Å². The second kappa shape index (κ2) is 12.0. The van der Waals surface area contributed by atoms with Crippen LogP contribution in [0.3, 0.4) is 0 Å². The van der Waals surface area contributed by atoms with Crippen molar-refractivity contribution in [3.8, 4) is 11.1 Å². The zero-order chi connectivity index (χ0) is 28.2. The van der Waals surface area contributed by atoms with E-state index in [0.717, 1.165) is 11.1 Å². The van der Waals surface area contributed by atoms with Crippen molar-refractivity contribution in [1.29, 1.82) is 0 Å². The Bertz CT molecular complexity index is 1430. The van der Waals surface area contributed by atoms with Gasteiger partial charge in [0.15, 0.2) is 17.7 Å². The van der Waals surface area contributed by atoms with Gasteiger partial charge in [-0.2, -0.15) is 0 Å². The Morgan fingerprint density at radius 3 is 2.45 bits per heavy atom. The second-order valence-electron chi connectivity index (χ2n) is 9.78. The van der Waals surface area contributed by atoms with E-state index in [9.17, 15) is 15.0 Å². The molecule has 4 aromatic rings. The van der Waals surface area contributed by atoms with Gasteiger partial charge in [-0.05, 0) is 29.3 Å². The van der Waals surface area contributed by atoms with Crippen LogP contribution in [0.1, 0.15) is 23.3 Å². The average Bonchev–Trinajstić information content (AvgIpc) is 3.54. The molecule has 5 N–H and O–H groups in total. The number of methoxy groups -OCH3 is 1. The number of carbonyl (C=O) groups is 1. The maximum absolute atomic E-state index is 12.5. The number of nitrogen functional groups attached to an aromatic ring is 1. The number of nitrogens with two attached hydrogens (primary N) is 1. The summed E-state index contributed by atoms with van der Waals surface area (Å²) in [5.41, 5.74) is 11.1. The first-order valence-electron chi connectivity index (χ1n) is 13.0. The van der Waals surface area contributed by atoms with Crippen LogP contribution in [0.25, 0.3) is 22.3 Å². The van der Waals surface area contributed by atoms with Crippen LogP contribution >= 0.6 is 0 Å². The van der Waals surface area contributed by atoms with Crippen molar-refractivity contribution in [2.45, 2.75) is 24.4 Å². The minimum absolute atomic E-state index is 0.00767. The van der Waals surface area contributed by atoms with Gasteiger partial charge in [0.05, 0.1) is 6.33 Å². The molecule has 1 aliphatic carbocycles. The number of aliphatic hydroxyl groups is 2. The molecule has 0 spiro atoms. The molecule has 0 aliphatic heterocycles. The van der Waals surface area contributed by atoms with E-state index in [4.69, 9.17) is 15.2 Å². The molecule has 0 saturated carbocycles. The molecule has 2 aromatic heterocycles. The van der Waals surface area contributed by atoms with Gasteiger partial charge in [0.2, 0.25) is 0 Å². The molecule has 2 aromatic carbocycles. The van der Waals surface area contributed by atoms with Crippen molar-refractivity contribution < 1.29 is 24.5 Å². The van der Waals surface area contributed by atoms with E-state index in [2.05, 4.69) is 44.5 Å². The lowest BCUT2D eigenvalue weighted by Crippen LogP contribution is -2.45. The van der Waals surface area contributed by atoms with Gasteiger partial charge in [-0.1, -0.05) is 48.5 Å². The van der Waals surface area contributed by atoms with Gasteiger partial charge in [0, 0.05) is 32.7 Å². The molecule has 12 heteroatoms. The Hall–Kier alpha value is -4.10. The topological polar surface area (TPSA) is 161 Å². The predicted molar refractivity (Wildman–Crippen MR) is 148 cm³/mol. The number of carbonyl (C=O) groups excluding carboxylic acids is 1. The molecule has 0 radical (unpaired) electrons. The molecule has 210 valence electrons. The van der Waals surface area contributed by atoms with Crippen molar-refractivity contribution in [2.24, 2.45) is 0 Å². The van der Waals surface area contributed by atoms with Crippen LogP contribution < -0.4 is 11.1 Å². The number of rotatable bonds is 11. The van der Waals surface area contributed by atoms with Gasteiger partial charge in [0.1, 0.15) is 30.7 Å². The normalized spacial score (nSPS) is 15.0. The molecule has 0 unspecified atom stereocenters. The van der Waals surface area contributed by atoms with E-state index in [-0.39, 0.29) is 24.9 Å². The lowest BCUT2D eigenvalue weighted by molar-refractivity contribution is -0.108. The van der Waals surface area contributed by atoms with Crippen LogP contribution in [0.2, 0.25) is 0 Å². The monoisotopic (exact) mass is 547 g/mol. The molecule has 1 amide bonds. The molecule has 0 saturated heterocycles. The lowest BCUT2D eigenvalue weighted by Gasteiger charge is -2.29. The molecule has 5 rings (SSSR count). The van der Waals surface area contributed by atoms with E-state index < -0.39 is 24.5 Å². The maximum atomic E-state index is 12.5. The quantitative estimate of drug-likeness (QED) is 0.218. The van der Waals surface area contributed by atoms with E-state index >= 15 is 0 Å². The lowest BCUT2D eigenvalue weighted by atomic mass is 9.98. The molecule has 3 atom stereocenters. The number of aromatic nitrogens is 4. The van der Waals surface area contributed by atoms with Crippen LogP contribution in [0.15, 0.2) is 61.2 Å². The molecular formula is C28H33N7O5. The zero-order valence-electron chi connectivity index (χ0n) is 22.3. The van der Waals surface area contributed by atoms with E-state index in [1.165, 1.54) is 35.5 Å². The molecule has 12 nitrogen and oxygen atoms in total. The third-order valence-electron chi connectivity index (χ3n) is 7.26. The molecule has 0 fully saturated rings. The average molecular weight is 548 g/mol. The largest absolute Gasteiger partial charge is 0.449 e. The van der Waals surface area contributed by atoms with Crippen molar-refractivity contribution in [3.05, 3.63) is 72.3 Å². The SMILES string of the molecule is CO[C@H](CN(C)CCNC(=O)OCC1c2ccccc2-c2ccccc21)[C@@H](O)[C@@H](O)n1cnc2c(N)ncnc21. The highest BCUT2D eigenvalue weighted by Crippen LogP contribution is 2.44. The van der Waals surface area contributed by atoms with Gasteiger partial charge in [-0.3, -0.25) is 4.57 Å². The van der Waals surface area contributed by atoms with E-state index in [0.29, 0.717) is 24.3 Å². The van der Waals surface area contributed by atoms with Gasteiger partial charge in [-0.25, -0.2) is 19.7 Å². The summed E-state index contributed by atoms with van der Waals surface area (Å²) in [5, 5.41) is 24.4. The number of imidazole rings is 1. The predicted octanol–water partition coefficient (Wildman–Crippen LogP) is 1.75. The number of hydrogen-bond donors (Lipinski definition) is 4. The number of benzene rings is 2. The summed E-state index contributed by atoms with van der Waals surface area (Å²) in [6.45, 7) is 1.31. The summed E-state index contributed by atoms with van der Waals surface area (Å²) < 4.78 is 12.4. The number of nitrogens with one attached hydrogen (secondary N) is 1. The minimum Gasteiger partial charge on any atom is -0.449 e. The molecule has 2 heterocycles. The Morgan fingerprint density at radius 1 is 1.10 bits per heavy atom. The third kappa shape index (κ3) is 5.47. The summed E-state index contributed by atoms with van der Waals surface area (Å²) in [7, 11) is 3.28. The number of nitrogens with zero attached hydrogens (tertiary/aromatic N) is 5. The van der Waals surface area contributed by atoms with Crippen molar-refractivity contribution >= 4 is 23.1 Å². The first kappa shape index (κ1) is 27.5. The van der Waals surface area contributed by atoms with Crippen LogP contribution in [-0.4, -0.2) is 93.3 Å². The Labute approximate surface area is 231 Å². The summed E-state index contributed by atoms with van der Waals surface area (Å²) in [4.78, 5) is 26.5. The first-order valence-corrected chi connectivity index (χ1v) is 13.0. The maximum Gasteiger partial charge on any atom is 0.407 e. The standard InChI is InChI=1S/C28H33N7O5/c1-34(13-22(39-2)24(36)27(37)35-16-33-23-25(29)31-15-32-26(23)35)12-11-30-28(38)40-14-21-19-9-5-3-7-17(19)18-8-4-6-10-20(18)21/h3-10,15-16,21-22,24,27,36-37H,11-14H2,1-2H3,(H,30,38)(H2,29,31,32)/t22-,24-,27-/m1/s1. The molecule has 0 bridgehead atoms. The smallest absolute Gasteiger partial charge is 0.407 e. The van der Waals surface area contributed by atoms with E-state index in [1.807, 2.05) is 36.2 Å². The van der Waals surface area contributed by atoms with E-state index in [1.54, 1.807) is 0 Å². The fraction of sp³-hybridized carbons (Fsp3) is 0.357. The number of hydrogen-bond acceptors (Lipinski definition) is 10. The number of amides is 1. The fourth-order valence-electron chi connectivity index (χ4n) is 5.14. The minimum atomic E-state index is -1.38. The number of alkyl carbamates (subject to hydrolysis) is 1. The summed E-state index contributed by atoms with van der Waals surface area (Å²) in [6, 6.07) is 16.4. The second-order valence-corrected chi connectivity index (χ2v) is 9.78. The van der Waals surface area contributed by atoms with Gasteiger partial charge >= 0.3 is 6.09 Å². The zero-order valence-corrected chi connectivity index (χ0v) is 22.3. The van der Waals surface area contributed by atoms with Crippen LogP contribution in [0.5, 0.6) is 0 Å². The molecule has 40 heavy (non-hydrogen) atoms. The van der Waals surface area contributed by atoms with Gasteiger partial charge in [0.25, 0.3) is 0 Å². The highest BCUT2D eigenvalue weighted by Gasteiger charge is 2.31. The van der Waals surface area contributed by atoms with Gasteiger partial charge < -0.3 is 35.6 Å². The van der Waals surface area contributed by atoms with Crippen LogP contribution in [-0.2, 0) is 9.47 Å². The highest BCUT2D eigenvalue weighted by molar-refractivity contribution is 5.81. The van der Waals surface area contributed by atoms with Crippen LogP contribution in [0.4, 0.5) is 10.6 Å². The summed E-state index contributed by atoms with van der Waals surface area (Å²) in [6.07, 6.45) is -1.31. The Morgan fingerprint density at radius 2 is 1.77 bits per heavy atom. The molecule has 1 aliphatic rings. The first-order chi connectivity index (χ1) is 19.4. The van der Waals surface area contributed by atoms with Crippen molar-refractivity contribution in [2.75, 3.05) is 46.1 Å². The fourth-order valence-corrected chi connectivity index (χ4v) is 5.14. The number of ether oxygens (including phenoxy) is 2. The number of anilines is 1. The Balaban J connectivity index is 1.10. The number of fused-ring (bicyclic) bond motifs is 4.